The smallest absolute Gasteiger partial charge is 0.246 e. The van der Waals surface area contributed by atoms with Crippen LogP contribution in [-0.4, -0.2) is 24.1 Å². The molecule has 0 bridgehead atoms. The van der Waals surface area contributed by atoms with Crippen LogP contribution >= 0.6 is 11.8 Å². The predicted octanol–water partition coefficient (Wildman–Crippen LogP) is 3.74. The van der Waals surface area contributed by atoms with E-state index in [1.165, 1.54) is 12.7 Å². The lowest BCUT2D eigenvalue weighted by Crippen LogP contribution is -2.33. The van der Waals surface area contributed by atoms with E-state index in [1.54, 1.807) is 24.0 Å². The highest BCUT2D eigenvalue weighted by Gasteiger charge is 2.24. The number of rotatable bonds is 6. The van der Waals surface area contributed by atoms with Crippen molar-refractivity contribution >= 4 is 23.4 Å². The SMILES string of the molecule is COc1cn(CC(=O)N2CCc3ccccc32)c(CSc2ccccc2)cc1=O. The van der Waals surface area contributed by atoms with Crippen molar-refractivity contribution in [2.45, 2.75) is 23.6 Å². The van der Waals surface area contributed by atoms with Crippen molar-refractivity contribution in [3.8, 4) is 5.75 Å². The van der Waals surface area contributed by atoms with Crippen LogP contribution in [0.1, 0.15) is 11.3 Å². The molecule has 6 heteroatoms. The third kappa shape index (κ3) is 4.22. The molecular formula is C23H22N2O3S. The Bertz CT molecular complexity index is 1080. The van der Waals surface area contributed by atoms with Crippen LogP contribution in [-0.2, 0) is 23.5 Å². The number of amides is 1. The van der Waals surface area contributed by atoms with Crippen LogP contribution in [0, 0.1) is 0 Å². The van der Waals surface area contributed by atoms with Gasteiger partial charge in [0.1, 0.15) is 6.54 Å². The molecule has 2 aromatic carbocycles. The zero-order valence-corrected chi connectivity index (χ0v) is 17.0. The number of hydrogen-bond acceptors (Lipinski definition) is 4. The summed E-state index contributed by atoms with van der Waals surface area (Å²) in [6, 6.07) is 19.6. The number of carbonyl (C=O) groups excluding carboxylic acids is 1. The van der Waals surface area contributed by atoms with E-state index in [9.17, 15) is 9.59 Å². The number of carbonyl (C=O) groups is 1. The highest BCUT2D eigenvalue weighted by molar-refractivity contribution is 7.98. The Kier molecular flexibility index (Phi) is 5.71. The molecule has 0 aliphatic carbocycles. The molecule has 0 saturated heterocycles. The van der Waals surface area contributed by atoms with E-state index in [4.69, 9.17) is 4.74 Å². The van der Waals surface area contributed by atoms with Gasteiger partial charge >= 0.3 is 0 Å². The summed E-state index contributed by atoms with van der Waals surface area (Å²) in [5.41, 5.74) is 2.79. The Morgan fingerprint density at radius 3 is 2.66 bits per heavy atom. The van der Waals surface area contributed by atoms with Crippen LogP contribution in [0.4, 0.5) is 5.69 Å². The van der Waals surface area contributed by atoms with E-state index >= 15 is 0 Å². The normalized spacial score (nSPS) is 12.7. The number of pyridine rings is 1. The molecule has 29 heavy (non-hydrogen) atoms. The number of para-hydroxylation sites is 1. The fourth-order valence-electron chi connectivity index (χ4n) is 3.52. The summed E-state index contributed by atoms with van der Waals surface area (Å²) in [4.78, 5) is 28.3. The first kappa shape index (κ1) is 19.3. The summed E-state index contributed by atoms with van der Waals surface area (Å²) >= 11 is 1.63. The minimum absolute atomic E-state index is 0.00612. The molecule has 1 aromatic heterocycles. The Morgan fingerprint density at radius 1 is 1.10 bits per heavy atom. The van der Waals surface area contributed by atoms with Gasteiger partial charge in [-0.05, 0) is 30.2 Å². The molecule has 0 atom stereocenters. The molecule has 4 rings (SSSR count). The lowest BCUT2D eigenvalue weighted by molar-refractivity contribution is -0.119. The Morgan fingerprint density at radius 2 is 1.86 bits per heavy atom. The number of benzene rings is 2. The largest absolute Gasteiger partial charge is 0.491 e. The number of anilines is 1. The summed E-state index contributed by atoms with van der Waals surface area (Å²) < 4.78 is 7.03. The van der Waals surface area contributed by atoms with Gasteiger partial charge in [-0.25, -0.2) is 0 Å². The summed E-state index contributed by atoms with van der Waals surface area (Å²) in [6.07, 6.45) is 2.51. The van der Waals surface area contributed by atoms with Crippen molar-refractivity contribution in [1.82, 2.24) is 4.57 Å². The molecule has 5 nitrogen and oxygen atoms in total. The Hall–Kier alpha value is -2.99. The van der Waals surface area contributed by atoms with E-state index in [1.807, 2.05) is 58.0 Å². The van der Waals surface area contributed by atoms with Crippen LogP contribution in [0.25, 0.3) is 0 Å². The van der Waals surface area contributed by atoms with Crippen molar-refractivity contribution in [1.29, 1.82) is 0 Å². The number of thioether (sulfide) groups is 1. The molecule has 0 radical (unpaired) electrons. The number of methoxy groups -OCH3 is 1. The molecule has 1 aliphatic heterocycles. The number of aromatic nitrogens is 1. The zero-order chi connectivity index (χ0) is 20.2. The van der Waals surface area contributed by atoms with Gasteiger partial charge in [0.05, 0.1) is 13.3 Å². The van der Waals surface area contributed by atoms with Gasteiger partial charge in [-0.1, -0.05) is 36.4 Å². The fourth-order valence-corrected chi connectivity index (χ4v) is 4.43. The monoisotopic (exact) mass is 406 g/mol. The van der Waals surface area contributed by atoms with E-state index in [2.05, 4.69) is 6.07 Å². The summed E-state index contributed by atoms with van der Waals surface area (Å²) in [5, 5.41) is 0. The van der Waals surface area contributed by atoms with Crippen LogP contribution in [0.5, 0.6) is 5.75 Å². The van der Waals surface area contributed by atoms with E-state index in [0.717, 1.165) is 22.7 Å². The molecular weight excluding hydrogens is 384 g/mol. The number of fused-ring (bicyclic) bond motifs is 1. The summed E-state index contributed by atoms with van der Waals surface area (Å²) in [7, 11) is 1.47. The minimum Gasteiger partial charge on any atom is -0.491 e. The molecule has 1 aliphatic rings. The maximum Gasteiger partial charge on any atom is 0.246 e. The lowest BCUT2D eigenvalue weighted by Gasteiger charge is -2.20. The highest BCUT2D eigenvalue weighted by atomic mass is 32.2. The van der Waals surface area contributed by atoms with Crippen molar-refractivity contribution in [3.63, 3.8) is 0 Å². The maximum atomic E-state index is 13.1. The fraction of sp³-hybridized carbons (Fsp3) is 0.217. The Balaban J connectivity index is 1.58. The lowest BCUT2D eigenvalue weighted by atomic mass is 10.2. The molecule has 3 aromatic rings. The molecule has 0 fully saturated rings. The molecule has 2 heterocycles. The zero-order valence-electron chi connectivity index (χ0n) is 16.2. The quantitative estimate of drug-likeness (QED) is 0.585. The maximum absolute atomic E-state index is 13.1. The van der Waals surface area contributed by atoms with Crippen molar-refractivity contribution < 1.29 is 9.53 Å². The first-order valence-corrected chi connectivity index (χ1v) is 10.5. The van der Waals surface area contributed by atoms with Crippen molar-refractivity contribution in [2.24, 2.45) is 0 Å². The van der Waals surface area contributed by atoms with Crippen LogP contribution in [0.15, 0.2) is 76.6 Å². The van der Waals surface area contributed by atoms with E-state index in [-0.39, 0.29) is 23.6 Å². The first-order chi connectivity index (χ1) is 14.2. The van der Waals surface area contributed by atoms with Gasteiger partial charge in [0.15, 0.2) is 5.75 Å². The highest BCUT2D eigenvalue weighted by Crippen LogP contribution is 2.28. The number of nitrogens with zero attached hydrogens (tertiary/aromatic N) is 2. The summed E-state index contributed by atoms with van der Waals surface area (Å²) in [6.45, 7) is 0.846. The molecule has 0 unspecified atom stereocenters. The second-order valence-corrected chi connectivity index (χ2v) is 7.90. The van der Waals surface area contributed by atoms with Gasteiger partial charge in [0.25, 0.3) is 0 Å². The predicted molar refractivity (Wildman–Crippen MR) is 116 cm³/mol. The van der Waals surface area contributed by atoms with Crippen molar-refractivity contribution in [2.75, 3.05) is 18.6 Å². The third-order valence-electron chi connectivity index (χ3n) is 5.03. The molecule has 148 valence electrons. The molecule has 0 saturated carbocycles. The van der Waals surface area contributed by atoms with Crippen LogP contribution < -0.4 is 15.1 Å². The second kappa shape index (κ2) is 8.57. The van der Waals surface area contributed by atoms with Crippen molar-refractivity contribution in [3.05, 3.63) is 88.3 Å². The van der Waals surface area contributed by atoms with Crippen LogP contribution in [0.3, 0.4) is 0 Å². The standard InChI is InChI=1S/C23H22N2O3S/c1-28-22-14-24(15-23(27)25-12-11-17-7-5-6-10-20(17)25)18(13-21(22)26)16-29-19-8-3-2-4-9-19/h2-10,13-14H,11-12,15-16H2,1H3. The minimum atomic E-state index is -0.175. The first-order valence-electron chi connectivity index (χ1n) is 9.49. The van der Waals surface area contributed by atoms with Gasteiger partial charge in [0.2, 0.25) is 11.3 Å². The van der Waals surface area contributed by atoms with E-state index < -0.39 is 0 Å². The molecule has 0 spiro atoms. The van der Waals surface area contributed by atoms with Gasteiger partial charge in [0, 0.05) is 34.6 Å². The summed E-state index contributed by atoms with van der Waals surface area (Å²) in [5.74, 6) is 0.840. The van der Waals surface area contributed by atoms with E-state index in [0.29, 0.717) is 12.3 Å². The van der Waals surface area contributed by atoms with Gasteiger partial charge < -0.3 is 14.2 Å². The van der Waals surface area contributed by atoms with Gasteiger partial charge in [-0.15, -0.1) is 11.8 Å². The topological polar surface area (TPSA) is 51.5 Å². The van der Waals surface area contributed by atoms with Gasteiger partial charge in [-0.3, -0.25) is 9.59 Å². The number of hydrogen-bond donors (Lipinski definition) is 0. The number of ether oxygens (including phenoxy) is 1. The third-order valence-corrected chi connectivity index (χ3v) is 6.07. The molecule has 0 N–H and O–H groups in total. The second-order valence-electron chi connectivity index (χ2n) is 6.85. The molecule has 1 amide bonds. The van der Waals surface area contributed by atoms with Gasteiger partial charge in [-0.2, -0.15) is 0 Å². The van der Waals surface area contributed by atoms with Crippen LogP contribution in [0.2, 0.25) is 0 Å². The average molecular weight is 407 g/mol. The Labute approximate surface area is 173 Å². The average Bonchev–Trinajstić information content (AvgIpc) is 3.18.